The molecule has 3 aromatic rings. The van der Waals surface area contributed by atoms with Gasteiger partial charge in [-0.2, -0.15) is 4.98 Å². The molecule has 0 saturated carbocycles. The fourth-order valence-corrected chi connectivity index (χ4v) is 3.51. The number of rotatable bonds is 5. The average Bonchev–Trinajstić information content (AvgIpc) is 3.29. The van der Waals surface area contributed by atoms with E-state index in [1.165, 1.54) is 11.8 Å². The Kier molecular flexibility index (Phi) is 5.46. The molecular formula is C22H25N5O2. The Balaban J connectivity index is 1.43. The van der Waals surface area contributed by atoms with Gasteiger partial charge in [-0.3, -0.25) is 4.79 Å². The van der Waals surface area contributed by atoms with Crippen molar-refractivity contribution in [1.29, 1.82) is 0 Å². The summed E-state index contributed by atoms with van der Waals surface area (Å²) in [5, 5.41) is 3.35. The van der Waals surface area contributed by atoms with Crippen LogP contribution >= 0.6 is 0 Å². The van der Waals surface area contributed by atoms with Crippen molar-refractivity contribution >= 4 is 23.4 Å². The first-order chi connectivity index (χ1) is 14.1. The summed E-state index contributed by atoms with van der Waals surface area (Å²) >= 11 is 0. The molecule has 1 N–H and O–H groups in total. The number of anilines is 3. The SMILES string of the molecule is CC(C)c1ccccc1Nc1nccc(N2CCN(C(=O)c3ccco3)CC2)n1. The van der Waals surface area contributed by atoms with Crippen LogP contribution in [-0.4, -0.2) is 47.0 Å². The second-order valence-corrected chi connectivity index (χ2v) is 7.36. The Labute approximate surface area is 170 Å². The van der Waals surface area contributed by atoms with E-state index < -0.39 is 0 Å². The summed E-state index contributed by atoms with van der Waals surface area (Å²) in [6, 6.07) is 13.6. The molecule has 1 aliphatic rings. The Hall–Kier alpha value is -3.35. The highest BCUT2D eigenvalue weighted by molar-refractivity contribution is 5.91. The quantitative estimate of drug-likeness (QED) is 0.711. The van der Waals surface area contributed by atoms with Crippen molar-refractivity contribution < 1.29 is 9.21 Å². The van der Waals surface area contributed by atoms with Crippen molar-refractivity contribution in [2.24, 2.45) is 0 Å². The molecule has 1 saturated heterocycles. The molecule has 0 atom stereocenters. The lowest BCUT2D eigenvalue weighted by Crippen LogP contribution is -2.49. The fourth-order valence-electron chi connectivity index (χ4n) is 3.51. The van der Waals surface area contributed by atoms with E-state index >= 15 is 0 Å². The fraction of sp³-hybridized carbons (Fsp3) is 0.318. The summed E-state index contributed by atoms with van der Waals surface area (Å²) in [6.45, 7) is 7.02. The van der Waals surface area contributed by atoms with Crippen LogP contribution in [0, 0.1) is 0 Å². The van der Waals surface area contributed by atoms with Gasteiger partial charge in [-0.1, -0.05) is 32.0 Å². The minimum Gasteiger partial charge on any atom is -0.459 e. The van der Waals surface area contributed by atoms with Gasteiger partial charge in [0.2, 0.25) is 5.95 Å². The molecule has 7 heteroatoms. The van der Waals surface area contributed by atoms with Gasteiger partial charge < -0.3 is 19.5 Å². The predicted octanol–water partition coefficient (Wildman–Crippen LogP) is 3.90. The zero-order valence-corrected chi connectivity index (χ0v) is 16.7. The first kappa shape index (κ1) is 19.0. The molecule has 2 aromatic heterocycles. The maximum Gasteiger partial charge on any atom is 0.289 e. The summed E-state index contributed by atoms with van der Waals surface area (Å²) in [5.74, 6) is 2.15. The van der Waals surface area contributed by atoms with Crippen molar-refractivity contribution in [3.63, 3.8) is 0 Å². The van der Waals surface area contributed by atoms with Crippen molar-refractivity contribution in [3.8, 4) is 0 Å². The number of carbonyl (C=O) groups is 1. The highest BCUT2D eigenvalue weighted by Gasteiger charge is 2.24. The molecule has 0 bridgehead atoms. The van der Waals surface area contributed by atoms with Crippen molar-refractivity contribution in [2.75, 3.05) is 36.4 Å². The van der Waals surface area contributed by atoms with Gasteiger partial charge >= 0.3 is 0 Å². The number of amides is 1. The summed E-state index contributed by atoms with van der Waals surface area (Å²) in [4.78, 5) is 25.5. The van der Waals surface area contributed by atoms with E-state index in [-0.39, 0.29) is 5.91 Å². The van der Waals surface area contributed by atoms with Crippen LogP contribution in [0.2, 0.25) is 0 Å². The van der Waals surface area contributed by atoms with E-state index in [9.17, 15) is 4.79 Å². The van der Waals surface area contributed by atoms with Crippen LogP contribution in [0.5, 0.6) is 0 Å². The summed E-state index contributed by atoms with van der Waals surface area (Å²) in [5.41, 5.74) is 2.25. The van der Waals surface area contributed by atoms with E-state index in [1.54, 1.807) is 18.3 Å². The first-order valence-corrected chi connectivity index (χ1v) is 9.88. The molecule has 3 heterocycles. The zero-order valence-electron chi connectivity index (χ0n) is 16.7. The van der Waals surface area contributed by atoms with Crippen LogP contribution in [-0.2, 0) is 0 Å². The Morgan fingerprint density at radius 1 is 1.07 bits per heavy atom. The lowest BCUT2D eigenvalue weighted by atomic mass is 10.0. The van der Waals surface area contributed by atoms with Crippen LogP contribution < -0.4 is 10.2 Å². The normalized spacial score (nSPS) is 14.3. The maximum absolute atomic E-state index is 12.4. The van der Waals surface area contributed by atoms with E-state index in [0.29, 0.717) is 43.8 Å². The molecule has 29 heavy (non-hydrogen) atoms. The molecule has 0 radical (unpaired) electrons. The lowest BCUT2D eigenvalue weighted by molar-refractivity contribution is 0.0714. The van der Waals surface area contributed by atoms with Gasteiger partial charge in [0.25, 0.3) is 5.91 Å². The van der Waals surface area contributed by atoms with Crippen LogP contribution in [0.1, 0.15) is 35.9 Å². The average molecular weight is 391 g/mol. The van der Waals surface area contributed by atoms with E-state index in [2.05, 4.69) is 35.1 Å². The molecule has 1 amide bonds. The molecule has 0 spiro atoms. The second kappa shape index (κ2) is 8.34. The maximum atomic E-state index is 12.4. The van der Waals surface area contributed by atoms with Crippen LogP contribution in [0.4, 0.5) is 17.5 Å². The smallest absolute Gasteiger partial charge is 0.289 e. The third kappa shape index (κ3) is 4.23. The van der Waals surface area contributed by atoms with Gasteiger partial charge in [0, 0.05) is 38.1 Å². The molecule has 1 aliphatic heterocycles. The molecule has 7 nitrogen and oxygen atoms in total. The van der Waals surface area contributed by atoms with Crippen LogP contribution in [0.3, 0.4) is 0 Å². The van der Waals surface area contributed by atoms with Crippen LogP contribution in [0.25, 0.3) is 0 Å². The highest BCUT2D eigenvalue weighted by Crippen LogP contribution is 2.26. The minimum absolute atomic E-state index is 0.0648. The third-order valence-electron chi connectivity index (χ3n) is 5.09. The molecule has 0 unspecified atom stereocenters. The number of furan rings is 1. The Morgan fingerprint density at radius 2 is 1.86 bits per heavy atom. The first-order valence-electron chi connectivity index (χ1n) is 9.88. The Bertz CT molecular complexity index is 963. The number of aromatic nitrogens is 2. The molecule has 4 rings (SSSR count). The number of benzene rings is 1. The van der Waals surface area contributed by atoms with Crippen molar-refractivity contribution in [1.82, 2.24) is 14.9 Å². The monoisotopic (exact) mass is 391 g/mol. The van der Waals surface area contributed by atoms with Gasteiger partial charge in [0.15, 0.2) is 5.76 Å². The van der Waals surface area contributed by atoms with E-state index in [4.69, 9.17) is 9.40 Å². The summed E-state index contributed by atoms with van der Waals surface area (Å²) in [7, 11) is 0. The number of para-hydroxylation sites is 1. The number of carbonyl (C=O) groups excluding carboxylic acids is 1. The van der Waals surface area contributed by atoms with Gasteiger partial charge in [0.1, 0.15) is 5.82 Å². The Morgan fingerprint density at radius 3 is 2.59 bits per heavy atom. The minimum atomic E-state index is -0.0648. The number of hydrogen-bond acceptors (Lipinski definition) is 6. The molecule has 0 aliphatic carbocycles. The summed E-state index contributed by atoms with van der Waals surface area (Å²) in [6.07, 6.45) is 3.29. The highest BCUT2D eigenvalue weighted by atomic mass is 16.3. The lowest BCUT2D eigenvalue weighted by Gasteiger charge is -2.35. The van der Waals surface area contributed by atoms with Gasteiger partial charge in [0.05, 0.1) is 6.26 Å². The second-order valence-electron chi connectivity index (χ2n) is 7.36. The number of hydrogen-bond donors (Lipinski definition) is 1. The summed E-state index contributed by atoms with van der Waals surface area (Å²) < 4.78 is 5.22. The van der Waals surface area contributed by atoms with Crippen LogP contribution in [0.15, 0.2) is 59.3 Å². The third-order valence-corrected chi connectivity index (χ3v) is 5.09. The van der Waals surface area contributed by atoms with Gasteiger partial charge in [-0.05, 0) is 35.7 Å². The van der Waals surface area contributed by atoms with Crippen molar-refractivity contribution in [3.05, 3.63) is 66.2 Å². The number of piperazine rings is 1. The van der Waals surface area contributed by atoms with Gasteiger partial charge in [-0.25, -0.2) is 4.98 Å². The number of nitrogens with one attached hydrogen (secondary N) is 1. The predicted molar refractivity (Wildman–Crippen MR) is 113 cm³/mol. The molecule has 150 valence electrons. The van der Waals surface area contributed by atoms with E-state index in [1.807, 2.05) is 29.2 Å². The van der Waals surface area contributed by atoms with Gasteiger partial charge in [-0.15, -0.1) is 0 Å². The number of nitrogens with zero attached hydrogens (tertiary/aromatic N) is 4. The van der Waals surface area contributed by atoms with Crippen molar-refractivity contribution in [2.45, 2.75) is 19.8 Å². The molecular weight excluding hydrogens is 366 g/mol. The van der Waals surface area contributed by atoms with E-state index in [0.717, 1.165) is 11.5 Å². The molecule has 1 aromatic carbocycles. The zero-order chi connectivity index (χ0) is 20.2. The topological polar surface area (TPSA) is 74.5 Å². The standard InChI is InChI=1S/C22H25N5O2/c1-16(2)17-6-3-4-7-18(17)24-22-23-10-9-20(25-22)26-11-13-27(14-12-26)21(28)19-8-5-15-29-19/h3-10,15-16H,11-14H2,1-2H3,(H,23,24,25). The molecule has 1 fully saturated rings. The largest absolute Gasteiger partial charge is 0.459 e.